The van der Waals surface area contributed by atoms with E-state index in [1.54, 1.807) is 24.3 Å². The summed E-state index contributed by atoms with van der Waals surface area (Å²) >= 11 is 0. The van der Waals surface area contributed by atoms with Crippen molar-refractivity contribution >= 4 is 17.4 Å². The summed E-state index contributed by atoms with van der Waals surface area (Å²) in [7, 11) is 0. The predicted molar refractivity (Wildman–Crippen MR) is 81.2 cm³/mol. The first kappa shape index (κ1) is 14.8. The minimum absolute atomic E-state index is 0.000713. The number of urea groups is 1. The molecule has 2 N–H and O–H groups in total. The van der Waals surface area contributed by atoms with E-state index in [2.05, 4.69) is 10.6 Å². The van der Waals surface area contributed by atoms with Crippen molar-refractivity contribution in [1.82, 2.24) is 0 Å². The minimum atomic E-state index is -0.458. The Bertz CT molecular complexity index is 629. The maximum atomic E-state index is 13.1. The number of hydrogen-bond acceptors (Lipinski definition) is 2. The molecular weight excluding hydrogens is 271 g/mol. The van der Waals surface area contributed by atoms with E-state index in [4.69, 9.17) is 4.74 Å². The van der Waals surface area contributed by atoms with Crippen LogP contribution in [0.2, 0.25) is 0 Å². The van der Waals surface area contributed by atoms with Crippen LogP contribution in [0, 0.1) is 5.82 Å². The molecule has 0 saturated carbocycles. The normalized spacial score (nSPS) is 10.3. The topological polar surface area (TPSA) is 50.4 Å². The highest BCUT2D eigenvalue weighted by Gasteiger charge is 2.09. The molecular formula is C16H17FN2O2. The molecule has 0 radical (unpaired) electrons. The Hall–Kier alpha value is -2.56. The third-order valence-electron chi connectivity index (χ3n) is 2.58. The van der Waals surface area contributed by atoms with Crippen LogP contribution in [0.1, 0.15) is 13.8 Å². The molecule has 4 nitrogen and oxygen atoms in total. The van der Waals surface area contributed by atoms with Gasteiger partial charge in [-0.3, -0.25) is 0 Å². The molecule has 0 aliphatic heterocycles. The van der Waals surface area contributed by atoms with Gasteiger partial charge >= 0.3 is 6.03 Å². The van der Waals surface area contributed by atoms with Gasteiger partial charge in [-0.1, -0.05) is 18.2 Å². The monoisotopic (exact) mass is 288 g/mol. The SMILES string of the molecule is CC(C)Oc1ccccc1NC(=O)Nc1cccc(F)c1. The fourth-order valence-electron chi connectivity index (χ4n) is 1.78. The largest absolute Gasteiger partial charge is 0.489 e. The van der Waals surface area contributed by atoms with Crippen molar-refractivity contribution in [2.75, 3.05) is 10.6 Å². The molecule has 110 valence electrons. The summed E-state index contributed by atoms with van der Waals surface area (Å²) in [6.45, 7) is 3.81. The summed E-state index contributed by atoms with van der Waals surface area (Å²) in [6, 6.07) is 12.4. The van der Waals surface area contributed by atoms with E-state index >= 15 is 0 Å². The highest BCUT2D eigenvalue weighted by atomic mass is 19.1. The fourth-order valence-corrected chi connectivity index (χ4v) is 1.78. The second-order valence-electron chi connectivity index (χ2n) is 4.75. The molecule has 0 heterocycles. The van der Waals surface area contributed by atoms with Crippen molar-refractivity contribution in [3.8, 4) is 5.75 Å². The minimum Gasteiger partial charge on any atom is -0.489 e. The number of ether oxygens (including phenoxy) is 1. The van der Waals surface area contributed by atoms with Crippen molar-refractivity contribution in [3.05, 3.63) is 54.3 Å². The lowest BCUT2D eigenvalue weighted by atomic mass is 10.3. The summed E-state index contributed by atoms with van der Waals surface area (Å²) in [4.78, 5) is 11.9. The van der Waals surface area contributed by atoms with Crippen molar-refractivity contribution in [2.24, 2.45) is 0 Å². The Labute approximate surface area is 122 Å². The van der Waals surface area contributed by atoms with E-state index in [1.165, 1.54) is 18.2 Å². The molecule has 2 aromatic carbocycles. The maximum absolute atomic E-state index is 13.1. The predicted octanol–water partition coefficient (Wildman–Crippen LogP) is 4.26. The van der Waals surface area contributed by atoms with Crippen LogP contribution in [0.3, 0.4) is 0 Å². The van der Waals surface area contributed by atoms with Gasteiger partial charge in [0, 0.05) is 5.69 Å². The summed E-state index contributed by atoms with van der Waals surface area (Å²) in [5.74, 6) is 0.179. The lowest BCUT2D eigenvalue weighted by Gasteiger charge is -2.15. The average molecular weight is 288 g/mol. The molecule has 0 saturated heterocycles. The Balaban J connectivity index is 2.06. The van der Waals surface area contributed by atoms with Gasteiger partial charge in [0.05, 0.1) is 11.8 Å². The standard InChI is InChI=1S/C16H17FN2O2/c1-11(2)21-15-9-4-3-8-14(15)19-16(20)18-13-7-5-6-12(17)10-13/h3-11H,1-2H3,(H2,18,19,20). The van der Waals surface area contributed by atoms with E-state index < -0.39 is 11.8 Å². The lowest BCUT2D eigenvalue weighted by Crippen LogP contribution is -2.20. The van der Waals surface area contributed by atoms with Crippen LogP contribution >= 0.6 is 0 Å². The van der Waals surface area contributed by atoms with Crippen LogP contribution < -0.4 is 15.4 Å². The van der Waals surface area contributed by atoms with Gasteiger partial charge in [-0.05, 0) is 44.2 Å². The quantitative estimate of drug-likeness (QED) is 0.883. The van der Waals surface area contributed by atoms with Crippen molar-refractivity contribution < 1.29 is 13.9 Å². The number of rotatable bonds is 4. The third kappa shape index (κ3) is 4.49. The van der Waals surface area contributed by atoms with Crippen molar-refractivity contribution in [2.45, 2.75) is 20.0 Å². The number of carbonyl (C=O) groups is 1. The van der Waals surface area contributed by atoms with E-state index in [0.29, 0.717) is 17.1 Å². The van der Waals surface area contributed by atoms with Gasteiger partial charge in [0.25, 0.3) is 0 Å². The van der Waals surface area contributed by atoms with Crippen LogP contribution in [0.5, 0.6) is 5.75 Å². The highest BCUT2D eigenvalue weighted by molar-refractivity contribution is 6.00. The van der Waals surface area contributed by atoms with Gasteiger partial charge in [0.15, 0.2) is 0 Å². The number of nitrogens with one attached hydrogen (secondary N) is 2. The molecule has 5 heteroatoms. The first-order valence-corrected chi connectivity index (χ1v) is 6.64. The number of carbonyl (C=O) groups excluding carboxylic acids is 1. The van der Waals surface area contributed by atoms with Gasteiger partial charge in [-0.2, -0.15) is 0 Å². The molecule has 21 heavy (non-hydrogen) atoms. The number of hydrogen-bond donors (Lipinski definition) is 2. The van der Waals surface area contributed by atoms with Crippen molar-refractivity contribution in [3.63, 3.8) is 0 Å². The number of anilines is 2. The van der Waals surface area contributed by atoms with E-state index in [9.17, 15) is 9.18 Å². The van der Waals surface area contributed by atoms with Crippen LogP contribution in [0.4, 0.5) is 20.6 Å². The molecule has 2 amide bonds. The van der Waals surface area contributed by atoms with Gasteiger partial charge in [-0.15, -0.1) is 0 Å². The number of para-hydroxylation sites is 2. The average Bonchev–Trinajstić information content (AvgIpc) is 2.40. The molecule has 2 rings (SSSR count). The number of halogens is 1. The molecule has 0 fully saturated rings. The first-order chi connectivity index (χ1) is 10.0. The van der Waals surface area contributed by atoms with E-state index in [1.807, 2.05) is 19.9 Å². The third-order valence-corrected chi connectivity index (χ3v) is 2.58. The molecule has 0 spiro atoms. The summed E-state index contributed by atoms with van der Waals surface area (Å²) < 4.78 is 18.7. The smallest absolute Gasteiger partial charge is 0.323 e. The van der Waals surface area contributed by atoms with Gasteiger partial charge < -0.3 is 15.4 Å². The van der Waals surface area contributed by atoms with Gasteiger partial charge in [0.2, 0.25) is 0 Å². The lowest BCUT2D eigenvalue weighted by molar-refractivity contribution is 0.243. The molecule has 0 aliphatic carbocycles. The van der Waals surface area contributed by atoms with Crippen molar-refractivity contribution in [1.29, 1.82) is 0 Å². The second kappa shape index (κ2) is 6.74. The van der Waals surface area contributed by atoms with Gasteiger partial charge in [-0.25, -0.2) is 9.18 Å². The number of amides is 2. The molecule has 0 aromatic heterocycles. The highest BCUT2D eigenvalue weighted by Crippen LogP contribution is 2.25. The zero-order chi connectivity index (χ0) is 15.2. The zero-order valence-electron chi connectivity index (χ0n) is 11.9. The number of benzene rings is 2. The van der Waals surface area contributed by atoms with Crippen LogP contribution in [-0.4, -0.2) is 12.1 Å². The Morgan fingerprint density at radius 3 is 2.57 bits per heavy atom. The van der Waals surface area contributed by atoms with Gasteiger partial charge in [0.1, 0.15) is 11.6 Å². The summed E-state index contributed by atoms with van der Waals surface area (Å²) in [6.07, 6.45) is -0.000713. The molecule has 0 bridgehead atoms. The first-order valence-electron chi connectivity index (χ1n) is 6.64. The molecule has 2 aromatic rings. The summed E-state index contributed by atoms with van der Waals surface area (Å²) in [5, 5.41) is 5.25. The molecule has 0 unspecified atom stereocenters. The van der Waals surface area contributed by atoms with E-state index in [-0.39, 0.29) is 6.10 Å². The van der Waals surface area contributed by atoms with Crippen LogP contribution in [0.15, 0.2) is 48.5 Å². The molecule has 0 aliphatic rings. The van der Waals surface area contributed by atoms with Crippen LogP contribution in [0.25, 0.3) is 0 Å². The second-order valence-corrected chi connectivity index (χ2v) is 4.75. The molecule has 0 atom stereocenters. The van der Waals surface area contributed by atoms with Crippen LogP contribution in [-0.2, 0) is 0 Å². The Morgan fingerprint density at radius 2 is 1.86 bits per heavy atom. The fraction of sp³-hybridized carbons (Fsp3) is 0.188. The zero-order valence-corrected chi connectivity index (χ0v) is 11.9. The van der Waals surface area contributed by atoms with E-state index in [0.717, 1.165) is 0 Å². The Kier molecular flexibility index (Phi) is 4.77. The summed E-state index contributed by atoms with van der Waals surface area (Å²) in [5.41, 5.74) is 0.940. The maximum Gasteiger partial charge on any atom is 0.323 e. The Morgan fingerprint density at radius 1 is 1.10 bits per heavy atom.